The fraction of sp³-hybridized carbons (Fsp3) is 0.250. The number of carbonyl (C=O) groups is 1. The van der Waals surface area contributed by atoms with Gasteiger partial charge in [0, 0.05) is 5.39 Å². The van der Waals surface area contributed by atoms with E-state index in [9.17, 15) is 9.18 Å². The smallest absolute Gasteiger partial charge is 0.348 e. The highest BCUT2D eigenvalue weighted by molar-refractivity contribution is 6.34. The molecule has 0 saturated heterocycles. The molecule has 0 amide bonds. The molecule has 0 N–H and O–H groups in total. The van der Waals surface area contributed by atoms with Gasteiger partial charge in [0.2, 0.25) is 0 Å². The monoisotopic (exact) mass is 256 g/mol. The minimum Gasteiger partial charge on any atom is -0.463 e. The van der Waals surface area contributed by atoms with Gasteiger partial charge in [-0.25, -0.2) is 9.18 Å². The lowest BCUT2D eigenvalue weighted by atomic mass is 10.2. The molecule has 0 aliphatic heterocycles. The Morgan fingerprint density at radius 2 is 2.35 bits per heavy atom. The van der Waals surface area contributed by atoms with Gasteiger partial charge >= 0.3 is 5.97 Å². The highest BCUT2D eigenvalue weighted by Gasteiger charge is 2.25. The van der Waals surface area contributed by atoms with Gasteiger partial charge in [-0.1, -0.05) is 23.7 Å². The van der Waals surface area contributed by atoms with Crippen LogP contribution in [0.3, 0.4) is 0 Å². The van der Waals surface area contributed by atoms with Gasteiger partial charge in [0.25, 0.3) is 6.17 Å². The number of benzene rings is 1. The molecule has 1 aromatic carbocycles. The third-order valence-electron chi connectivity index (χ3n) is 2.26. The quantitative estimate of drug-likeness (QED) is 0.787. The maximum atomic E-state index is 13.7. The van der Waals surface area contributed by atoms with Gasteiger partial charge in [-0.2, -0.15) is 0 Å². The number of hydrogen-bond acceptors (Lipinski definition) is 3. The van der Waals surface area contributed by atoms with Crippen LogP contribution in [0.15, 0.2) is 28.7 Å². The van der Waals surface area contributed by atoms with E-state index in [1.807, 2.05) is 0 Å². The Bertz CT molecular complexity index is 550. The van der Waals surface area contributed by atoms with E-state index in [1.165, 1.54) is 6.07 Å². The molecule has 0 aliphatic carbocycles. The average molecular weight is 257 g/mol. The van der Waals surface area contributed by atoms with Gasteiger partial charge in [0.05, 0.1) is 11.6 Å². The lowest BCUT2D eigenvalue weighted by molar-refractivity contribution is -0.149. The van der Waals surface area contributed by atoms with E-state index in [4.69, 9.17) is 16.0 Å². The summed E-state index contributed by atoms with van der Waals surface area (Å²) in [7, 11) is 0. The number of ether oxygens (including phenoxy) is 1. The number of esters is 1. The Morgan fingerprint density at radius 1 is 1.59 bits per heavy atom. The molecule has 90 valence electrons. The first-order valence-corrected chi connectivity index (χ1v) is 5.50. The molecule has 1 heterocycles. The molecule has 1 unspecified atom stereocenters. The van der Waals surface area contributed by atoms with E-state index >= 15 is 0 Å². The second-order valence-corrected chi connectivity index (χ2v) is 3.83. The predicted octanol–water partition coefficient (Wildman–Crippen LogP) is 3.66. The summed E-state index contributed by atoms with van der Waals surface area (Å²) in [5.74, 6) is -1.05. The van der Waals surface area contributed by atoms with Crippen LogP contribution in [0, 0.1) is 0 Å². The number of alkyl halides is 1. The lowest BCUT2D eigenvalue weighted by Gasteiger charge is -2.03. The van der Waals surface area contributed by atoms with Gasteiger partial charge in [-0.15, -0.1) is 0 Å². The molecular weight excluding hydrogens is 247 g/mol. The van der Waals surface area contributed by atoms with E-state index in [2.05, 4.69) is 4.74 Å². The molecule has 5 heteroatoms. The number of hydrogen-bond donors (Lipinski definition) is 0. The maximum Gasteiger partial charge on any atom is 0.348 e. The molecule has 2 aromatic rings. The van der Waals surface area contributed by atoms with E-state index in [1.54, 1.807) is 25.1 Å². The van der Waals surface area contributed by atoms with Crippen molar-refractivity contribution in [2.24, 2.45) is 0 Å². The van der Waals surface area contributed by atoms with Crippen molar-refractivity contribution in [1.29, 1.82) is 0 Å². The minimum atomic E-state index is -1.92. The van der Waals surface area contributed by atoms with E-state index < -0.39 is 12.1 Å². The van der Waals surface area contributed by atoms with Crippen molar-refractivity contribution in [3.05, 3.63) is 35.0 Å². The molecule has 1 atom stereocenters. The zero-order chi connectivity index (χ0) is 12.4. The molecule has 0 aliphatic rings. The molecule has 0 fully saturated rings. The highest BCUT2D eigenvalue weighted by atomic mass is 35.5. The Kier molecular flexibility index (Phi) is 3.33. The summed E-state index contributed by atoms with van der Waals surface area (Å²) < 4.78 is 23.5. The van der Waals surface area contributed by atoms with Crippen molar-refractivity contribution in [3.63, 3.8) is 0 Å². The van der Waals surface area contributed by atoms with Crippen LogP contribution in [0.2, 0.25) is 5.02 Å². The first kappa shape index (κ1) is 11.9. The summed E-state index contributed by atoms with van der Waals surface area (Å²) in [6.07, 6.45) is -1.92. The Morgan fingerprint density at radius 3 is 3.00 bits per heavy atom. The zero-order valence-electron chi connectivity index (χ0n) is 9.07. The third kappa shape index (κ3) is 2.26. The summed E-state index contributed by atoms with van der Waals surface area (Å²) in [4.78, 5) is 11.2. The van der Waals surface area contributed by atoms with Gasteiger partial charge in [0.15, 0.2) is 11.3 Å². The molecule has 0 bridgehead atoms. The summed E-state index contributed by atoms with van der Waals surface area (Å²) in [6.45, 7) is 1.74. The van der Waals surface area contributed by atoms with Crippen molar-refractivity contribution in [2.45, 2.75) is 13.1 Å². The van der Waals surface area contributed by atoms with Gasteiger partial charge in [0.1, 0.15) is 0 Å². The first-order chi connectivity index (χ1) is 8.13. The van der Waals surface area contributed by atoms with Crippen LogP contribution in [0.1, 0.15) is 18.9 Å². The minimum absolute atomic E-state index is 0.0912. The van der Waals surface area contributed by atoms with Crippen LogP contribution in [0.25, 0.3) is 11.0 Å². The lowest BCUT2D eigenvalue weighted by Crippen LogP contribution is -2.11. The molecule has 0 spiro atoms. The number of carbonyl (C=O) groups excluding carboxylic acids is 1. The standard InChI is InChI=1S/C12H10ClFO3/c1-2-16-12(15)10(14)9-6-7-4-3-5-8(13)11(7)17-9/h3-6,10H,2H2,1H3. The molecule has 2 rings (SSSR count). The molecular formula is C12H10ClFO3. The topological polar surface area (TPSA) is 39.4 Å². The Labute approximate surface area is 102 Å². The summed E-state index contributed by atoms with van der Waals surface area (Å²) in [5.41, 5.74) is 0.371. The van der Waals surface area contributed by atoms with Gasteiger partial charge < -0.3 is 9.15 Å². The number of halogens is 2. The molecule has 0 saturated carbocycles. The maximum absolute atomic E-state index is 13.7. The molecule has 0 radical (unpaired) electrons. The van der Waals surface area contributed by atoms with Crippen LogP contribution >= 0.6 is 11.6 Å². The second kappa shape index (κ2) is 4.75. The van der Waals surface area contributed by atoms with Gasteiger partial charge in [-0.3, -0.25) is 0 Å². The van der Waals surface area contributed by atoms with Gasteiger partial charge in [-0.05, 0) is 19.1 Å². The predicted molar refractivity (Wildman–Crippen MR) is 61.7 cm³/mol. The van der Waals surface area contributed by atoms with E-state index in [0.717, 1.165) is 0 Å². The summed E-state index contributed by atoms with van der Waals surface area (Å²) in [6, 6.07) is 6.53. The fourth-order valence-electron chi connectivity index (χ4n) is 1.50. The molecule has 1 aromatic heterocycles. The Hall–Kier alpha value is -1.55. The largest absolute Gasteiger partial charge is 0.463 e. The average Bonchev–Trinajstić information content (AvgIpc) is 2.73. The van der Waals surface area contributed by atoms with Crippen LogP contribution in [-0.4, -0.2) is 12.6 Å². The fourth-order valence-corrected chi connectivity index (χ4v) is 1.72. The van der Waals surface area contributed by atoms with Crippen molar-refractivity contribution < 1.29 is 18.3 Å². The summed E-state index contributed by atoms with van der Waals surface area (Å²) >= 11 is 5.88. The number of furan rings is 1. The van der Waals surface area contributed by atoms with Crippen LogP contribution in [-0.2, 0) is 9.53 Å². The Balaban J connectivity index is 2.36. The summed E-state index contributed by atoms with van der Waals surface area (Å²) in [5, 5.41) is 1.03. The second-order valence-electron chi connectivity index (χ2n) is 3.42. The number of rotatable bonds is 3. The molecule has 3 nitrogen and oxygen atoms in total. The van der Waals surface area contributed by atoms with Crippen LogP contribution in [0.4, 0.5) is 4.39 Å². The first-order valence-electron chi connectivity index (χ1n) is 5.12. The van der Waals surface area contributed by atoms with Crippen LogP contribution in [0.5, 0.6) is 0 Å². The zero-order valence-corrected chi connectivity index (χ0v) is 9.83. The third-order valence-corrected chi connectivity index (χ3v) is 2.56. The normalized spacial score (nSPS) is 12.6. The SMILES string of the molecule is CCOC(=O)C(F)c1cc2cccc(Cl)c2o1. The van der Waals surface area contributed by atoms with E-state index in [0.29, 0.717) is 16.0 Å². The number of para-hydroxylation sites is 1. The van der Waals surface area contributed by atoms with Crippen molar-refractivity contribution in [1.82, 2.24) is 0 Å². The van der Waals surface area contributed by atoms with E-state index in [-0.39, 0.29) is 12.4 Å². The number of fused-ring (bicyclic) bond motifs is 1. The van der Waals surface area contributed by atoms with Crippen molar-refractivity contribution in [3.8, 4) is 0 Å². The highest BCUT2D eigenvalue weighted by Crippen LogP contribution is 2.31. The van der Waals surface area contributed by atoms with Crippen molar-refractivity contribution in [2.75, 3.05) is 6.61 Å². The van der Waals surface area contributed by atoms with Crippen LogP contribution < -0.4 is 0 Å². The molecule has 17 heavy (non-hydrogen) atoms. The van der Waals surface area contributed by atoms with Crippen molar-refractivity contribution >= 4 is 28.5 Å².